The van der Waals surface area contributed by atoms with Gasteiger partial charge in [0.1, 0.15) is 0 Å². The van der Waals surface area contributed by atoms with Crippen LogP contribution in [0.1, 0.15) is 31.7 Å². The normalized spacial score (nSPS) is 25.7. The first-order chi connectivity index (χ1) is 8.64. The van der Waals surface area contributed by atoms with E-state index in [1.54, 1.807) is 0 Å². The van der Waals surface area contributed by atoms with Crippen LogP contribution in [-0.4, -0.2) is 0 Å². The second-order valence-electron chi connectivity index (χ2n) is 5.10. The van der Waals surface area contributed by atoms with E-state index >= 15 is 0 Å². The summed E-state index contributed by atoms with van der Waals surface area (Å²) in [7, 11) is 0. The predicted molar refractivity (Wildman–Crippen MR) is 70.4 cm³/mol. The molecule has 0 N–H and O–H groups in total. The van der Waals surface area contributed by atoms with Gasteiger partial charge < -0.3 is 0 Å². The summed E-state index contributed by atoms with van der Waals surface area (Å²) in [6, 6.07) is 14.4. The van der Waals surface area contributed by atoms with Crippen molar-refractivity contribution in [2.75, 3.05) is 0 Å². The fraction of sp³-hybridized carbons (Fsp3) is 0.375. The van der Waals surface area contributed by atoms with Gasteiger partial charge in [-0.3, -0.25) is 0 Å². The molecule has 0 bridgehead atoms. The molecule has 0 amide bonds. The molecule has 1 aliphatic carbocycles. The van der Waals surface area contributed by atoms with Crippen LogP contribution in [0.3, 0.4) is 0 Å². The number of rotatable bonds is 1. The Kier molecular flexibility index (Phi) is 3.21. The zero-order valence-corrected chi connectivity index (χ0v) is 10.7. The largest absolute Gasteiger partial charge is 0.197 e. The summed E-state index contributed by atoms with van der Waals surface area (Å²) < 4.78 is 0. The first-order valence-corrected chi connectivity index (χ1v) is 6.19. The molecule has 1 aliphatic rings. The summed E-state index contributed by atoms with van der Waals surface area (Å²) in [6.45, 7) is 4.07. The molecule has 18 heavy (non-hydrogen) atoms. The van der Waals surface area contributed by atoms with Gasteiger partial charge in [-0.05, 0) is 24.8 Å². The summed E-state index contributed by atoms with van der Waals surface area (Å²) in [4.78, 5) is 0. The molecule has 2 rings (SSSR count). The lowest BCUT2D eigenvalue weighted by Crippen LogP contribution is -2.35. The van der Waals surface area contributed by atoms with E-state index in [1.807, 2.05) is 37.3 Å². The Morgan fingerprint density at radius 1 is 1.17 bits per heavy atom. The second kappa shape index (κ2) is 4.67. The highest BCUT2D eigenvalue weighted by atomic mass is 14.5. The SMILES string of the molecule is CC1=C[C@@H](c2ccccc2)C(C#N)(C#N)[C@@H](C)C1. The Morgan fingerprint density at radius 2 is 1.78 bits per heavy atom. The monoisotopic (exact) mass is 236 g/mol. The molecule has 0 radical (unpaired) electrons. The Bertz CT molecular complexity index is 529. The highest BCUT2D eigenvalue weighted by molar-refractivity contribution is 5.39. The minimum atomic E-state index is -0.944. The number of hydrogen-bond acceptors (Lipinski definition) is 2. The molecule has 1 aromatic carbocycles. The second-order valence-corrected chi connectivity index (χ2v) is 5.10. The van der Waals surface area contributed by atoms with E-state index in [1.165, 1.54) is 5.57 Å². The van der Waals surface area contributed by atoms with Gasteiger partial charge in [-0.2, -0.15) is 10.5 Å². The van der Waals surface area contributed by atoms with E-state index in [-0.39, 0.29) is 11.8 Å². The minimum Gasteiger partial charge on any atom is -0.197 e. The molecule has 2 nitrogen and oxygen atoms in total. The van der Waals surface area contributed by atoms with E-state index in [4.69, 9.17) is 0 Å². The van der Waals surface area contributed by atoms with Crippen molar-refractivity contribution in [1.82, 2.24) is 0 Å². The third-order valence-electron chi connectivity index (χ3n) is 3.88. The molecule has 0 saturated carbocycles. The third kappa shape index (κ3) is 1.81. The fourth-order valence-electron chi connectivity index (χ4n) is 2.84. The van der Waals surface area contributed by atoms with Crippen LogP contribution < -0.4 is 0 Å². The van der Waals surface area contributed by atoms with Crippen molar-refractivity contribution in [3.8, 4) is 12.1 Å². The summed E-state index contributed by atoms with van der Waals surface area (Å²) in [5.74, 6) is -0.0693. The molecular weight excluding hydrogens is 220 g/mol. The van der Waals surface area contributed by atoms with Gasteiger partial charge in [-0.25, -0.2) is 0 Å². The van der Waals surface area contributed by atoms with Crippen molar-refractivity contribution in [2.24, 2.45) is 11.3 Å². The quantitative estimate of drug-likeness (QED) is 0.696. The van der Waals surface area contributed by atoms with E-state index < -0.39 is 5.41 Å². The van der Waals surface area contributed by atoms with Crippen LogP contribution in [0, 0.1) is 34.0 Å². The maximum atomic E-state index is 9.53. The van der Waals surface area contributed by atoms with Gasteiger partial charge in [-0.15, -0.1) is 0 Å². The molecule has 90 valence electrons. The Labute approximate surface area is 108 Å². The maximum absolute atomic E-state index is 9.53. The molecule has 0 unspecified atom stereocenters. The molecule has 2 heteroatoms. The van der Waals surface area contributed by atoms with Crippen LogP contribution in [0.25, 0.3) is 0 Å². The van der Waals surface area contributed by atoms with Gasteiger partial charge in [0, 0.05) is 5.92 Å². The maximum Gasteiger partial charge on any atom is 0.156 e. The van der Waals surface area contributed by atoms with Crippen molar-refractivity contribution in [3.63, 3.8) is 0 Å². The Hall–Kier alpha value is -2.06. The highest BCUT2D eigenvalue weighted by Crippen LogP contribution is 2.48. The predicted octanol–water partition coefficient (Wildman–Crippen LogP) is 3.79. The summed E-state index contributed by atoms with van der Waals surface area (Å²) in [6.07, 6.45) is 2.91. The zero-order valence-electron chi connectivity index (χ0n) is 10.7. The summed E-state index contributed by atoms with van der Waals surface area (Å²) >= 11 is 0. The third-order valence-corrected chi connectivity index (χ3v) is 3.88. The van der Waals surface area contributed by atoms with E-state index in [9.17, 15) is 10.5 Å². The van der Waals surface area contributed by atoms with Crippen LogP contribution in [-0.2, 0) is 0 Å². The average Bonchev–Trinajstić information content (AvgIpc) is 2.40. The van der Waals surface area contributed by atoms with Crippen LogP contribution in [0.5, 0.6) is 0 Å². The number of allylic oxidation sites excluding steroid dienone is 2. The summed E-state index contributed by atoms with van der Waals surface area (Å²) in [5.41, 5.74) is 1.37. The molecule has 1 aromatic rings. The highest BCUT2D eigenvalue weighted by Gasteiger charge is 2.46. The Balaban J connectivity index is 2.58. The lowest BCUT2D eigenvalue weighted by molar-refractivity contribution is 0.290. The van der Waals surface area contributed by atoms with Crippen molar-refractivity contribution >= 4 is 0 Å². The molecule has 0 saturated heterocycles. The van der Waals surface area contributed by atoms with Crippen LogP contribution >= 0.6 is 0 Å². The standard InChI is InChI=1S/C16H16N2/c1-12-8-13(2)16(10-17,11-18)15(9-12)14-6-4-3-5-7-14/h3-7,9,13,15H,8H2,1-2H3/t13-,15-/m0/s1. The molecule has 0 heterocycles. The lowest BCUT2D eigenvalue weighted by atomic mass is 9.61. The van der Waals surface area contributed by atoms with E-state index in [0.29, 0.717) is 0 Å². The van der Waals surface area contributed by atoms with E-state index in [2.05, 4.69) is 25.1 Å². The van der Waals surface area contributed by atoms with Gasteiger partial charge in [-0.1, -0.05) is 48.9 Å². The zero-order chi connectivity index (χ0) is 13.2. The molecule has 0 fully saturated rings. The average molecular weight is 236 g/mol. The topological polar surface area (TPSA) is 47.6 Å². The van der Waals surface area contributed by atoms with Gasteiger partial charge in [0.25, 0.3) is 0 Å². The van der Waals surface area contributed by atoms with Gasteiger partial charge in [0.2, 0.25) is 0 Å². The molecular formula is C16H16N2. The molecule has 0 aliphatic heterocycles. The Morgan fingerprint density at radius 3 is 2.33 bits per heavy atom. The fourth-order valence-corrected chi connectivity index (χ4v) is 2.84. The molecule has 0 aromatic heterocycles. The van der Waals surface area contributed by atoms with Crippen molar-refractivity contribution in [2.45, 2.75) is 26.2 Å². The van der Waals surface area contributed by atoms with E-state index in [0.717, 1.165) is 12.0 Å². The first kappa shape index (κ1) is 12.4. The van der Waals surface area contributed by atoms with Crippen molar-refractivity contribution in [3.05, 3.63) is 47.5 Å². The number of benzene rings is 1. The molecule has 2 atom stereocenters. The number of nitriles is 2. The van der Waals surface area contributed by atoms with Crippen molar-refractivity contribution in [1.29, 1.82) is 10.5 Å². The van der Waals surface area contributed by atoms with Crippen LogP contribution in [0.15, 0.2) is 42.0 Å². The lowest BCUT2D eigenvalue weighted by Gasteiger charge is -2.37. The van der Waals surface area contributed by atoms with Gasteiger partial charge in [0.15, 0.2) is 5.41 Å². The minimum absolute atomic E-state index is 0.0581. The van der Waals surface area contributed by atoms with Gasteiger partial charge in [0.05, 0.1) is 12.1 Å². The number of hydrogen-bond donors (Lipinski definition) is 0. The smallest absolute Gasteiger partial charge is 0.156 e. The molecule has 0 spiro atoms. The first-order valence-electron chi connectivity index (χ1n) is 6.19. The van der Waals surface area contributed by atoms with Crippen LogP contribution in [0.4, 0.5) is 0 Å². The van der Waals surface area contributed by atoms with Crippen LogP contribution in [0.2, 0.25) is 0 Å². The number of nitrogens with zero attached hydrogens (tertiary/aromatic N) is 2. The summed E-state index contributed by atoms with van der Waals surface area (Å²) in [5, 5.41) is 19.1. The van der Waals surface area contributed by atoms with Crippen molar-refractivity contribution < 1.29 is 0 Å². The van der Waals surface area contributed by atoms with Gasteiger partial charge >= 0.3 is 0 Å².